The number of ether oxygens (including phenoxy) is 1. The van der Waals surface area contributed by atoms with Crippen molar-refractivity contribution in [3.63, 3.8) is 0 Å². The second-order valence-corrected chi connectivity index (χ2v) is 8.88. The molecule has 0 saturated carbocycles. The largest absolute Gasteiger partial charge is 0.382 e. The van der Waals surface area contributed by atoms with Crippen molar-refractivity contribution < 1.29 is 27.9 Å². The summed E-state index contributed by atoms with van der Waals surface area (Å²) in [6.45, 7) is -0.161. The Balaban J connectivity index is 1.48. The van der Waals surface area contributed by atoms with E-state index in [1.165, 1.54) is 18.2 Å². The number of fused-ring (bicyclic) bond motifs is 1. The van der Waals surface area contributed by atoms with Crippen LogP contribution in [-0.2, 0) is 14.3 Å². The number of amides is 4. The molecule has 2 aliphatic heterocycles. The molecular weight excluding hydrogens is 494 g/mol. The monoisotopic (exact) mass is 516 g/mol. The highest BCUT2D eigenvalue weighted by Crippen LogP contribution is 2.38. The van der Waals surface area contributed by atoms with E-state index in [9.17, 15) is 14.4 Å². The molecule has 2 saturated heterocycles. The predicted molar refractivity (Wildman–Crippen MR) is 134 cm³/mol. The zero-order valence-electron chi connectivity index (χ0n) is 20.4. The topological polar surface area (TPSA) is 83.1 Å². The van der Waals surface area contributed by atoms with Crippen molar-refractivity contribution in [1.82, 2.24) is 9.88 Å². The minimum absolute atomic E-state index is 0.0104. The van der Waals surface area contributed by atoms with Crippen LogP contribution in [-0.4, -0.2) is 60.1 Å². The molecule has 10 heteroatoms. The maximum atomic E-state index is 15.2. The third kappa shape index (κ3) is 4.27. The third-order valence-electron chi connectivity index (χ3n) is 6.53. The number of nitrogens with zero attached hydrogens (tertiary/aromatic N) is 4. The molecule has 0 N–H and O–H groups in total. The van der Waals surface area contributed by atoms with Gasteiger partial charge in [-0.05, 0) is 36.4 Å². The Labute approximate surface area is 217 Å². The summed E-state index contributed by atoms with van der Waals surface area (Å²) in [5.41, 5.74) is -1.28. The molecule has 0 spiro atoms. The van der Waals surface area contributed by atoms with Crippen LogP contribution in [0.2, 0.25) is 0 Å². The van der Waals surface area contributed by atoms with Crippen molar-refractivity contribution in [2.75, 3.05) is 36.6 Å². The van der Waals surface area contributed by atoms with E-state index in [0.29, 0.717) is 16.2 Å². The number of methoxy groups -OCH3 is 1. The molecule has 1 atom stereocenters. The summed E-state index contributed by atoms with van der Waals surface area (Å²) < 4.78 is 35.7. The van der Waals surface area contributed by atoms with Gasteiger partial charge in [-0.25, -0.2) is 18.5 Å². The Bertz CT molecular complexity index is 1450. The second-order valence-electron chi connectivity index (χ2n) is 8.88. The van der Waals surface area contributed by atoms with Crippen LogP contribution in [0.4, 0.5) is 25.0 Å². The van der Waals surface area contributed by atoms with E-state index in [1.807, 2.05) is 6.07 Å². The van der Waals surface area contributed by atoms with E-state index in [1.54, 1.807) is 42.6 Å². The number of hydrogen-bond acceptors (Lipinski definition) is 5. The number of hydrogen-bond donors (Lipinski definition) is 0. The van der Waals surface area contributed by atoms with Gasteiger partial charge in [0.1, 0.15) is 5.69 Å². The van der Waals surface area contributed by atoms with Gasteiger partial charge in [0.25, 0.3) is 5.91 Å². The van der Waals surface area contributed by atoms with E-state index >= 15 is 8.78 Å². The van der Waals surface area contributed by atoms with E-state index < -0.39 is 47.1 Å². The van der Waals surface area contributed by atoms with Gasteiger partial charge in [0.2, 0.25) is 5.91 Å². The quantitative estimate of drug-likeness (QED) is 0.497. The number of urea groups is 1. The molecule has 2 aromatic carbocycles. The normalized spacial score (nSPS) is 19.2. The predicted octanol–water partition coefficient (Wildman–Crippen LogP) is 3.35. The van der Waals surface area contributed by atoms with E-state index in [2.05, 4.69) is 16.8 Å². The van der Waals surface area contributed by atoms with Gasteiger partial charge in [-0.1, -0.05) is 30.0 Å². The fourth-order valence-electron chi connectivity index (χ4n) is 4.82. The van der Waals surface area contributed by atoms with E-state index in [0.717, 1.165) is 17.0 Å². The SMILES string of the molecule is COC[C@]12CC(=O)N(c3c(F)cc(C#Cc4ccccc4)cc3F)C(=O)N1CCN(c1cccnc1)C2=O. The molecule has 192 valence electrons. The number of carbonyl (C=O) groups excluding carboxylic acids is 3. The van der Waals surface area contributed by atoms with Crippen LogP contribution in [0.5, 0.6) is 0 Å². The first-order valence-electron chi connectivity index (χ1n) is 11.8. The van der Waals surface area contributed by atoms with Crippen LogP contribution in [0, 0.1) is 23.5 Å². The molecule has 0 bridgehead atoms. The Hall–Kier alpha value is -4.62. The molecule has 38 heavy (non-hydrogen) atoms. The third-order valence-corrected chi connectivity index (χ3v) is 6.53. The molecule has 8 nitrogen and oxygen atoms in total. The Morgan fingerprint density at radius 1 is 0.974 bits per heavy atom. The van der Waals surface area contributed by atoms with Crippen LogP contribution in [0.1, 0.15) is 17.5 Å². The lowest BCUT2D eigenvalue weighted by Crippen LogP contribution is -2.75. The average molecular weight is 517 g/mol. The molecule has 3 heterocycles. The smallest absolute Gasteiger partial charge is 0.332 e. The summed E-state index contributed by atoms with van der Waals surface area (Å²) in [5.74, 6) is 1.80. The molecule has 3 aromatic rings. The summed E-state index contributed by atoms with van der Waals surface area (Å²) in [5, 5.41) is 0. The minimum Gasteiger partial charge on any atom is -0.382 e. The number of anilines is 2. The first kappa shape index (κ1) is 25.0. The van der Waals surface area contributed by atoms with Gasteiger partial charge < -0.3 is 14.5 Å². The summed E-state index contributed by atoms with van der Waals surface area (Å²) in [6, 6.07) is 13.2. The van der Waals surface area contributed by atoms with Crippen molar-refractivity contribution in [1.29, 1.82) is 0 Å². The van der Waals surface area contributed by atoms with Gasteiger partial charge in [-0.3, -0.25) is 14.6 Å². The van der Waals surface area contributed by atoms with Gasteiger partial charge in [-0.2, -0.15) is 0 Å². The number of carbonyl (C=O) groups is 3. The second kappa shape index (κ2) is 10.0. The highest BCUT2D eigenvalue weighted by Gasteiger charge is 2.59. The summed E-state index contributed by atoms with van der Waals surface area (Å²) >= 11 is 0. The summed E-state index contributed by atoms with van der Waals surface area (Å²) in [6.07, 6.45) is 2.54. The van der Waals surface area contributed by atoms with Crippen LogP contribution < -0.4 is 9.80 Å². The molecular formula is C28H22F2N4O4. The Morgan fingerprint density at radius 2 is 1.68 bits per heavy atom. The molecule has 0 radical (unpaired) electrons. The van der Waals surface area contributed by atoms with E-state index in [-0.39, 0.29) is 25.3 Å². The molecule has 2 aliphatic rings. The molecule has 1 aromatic heterocycles. The molecule has 5 rings (SSSR count). The van der Waals surface area contributed by atoms with Crippen molar-refractivity contribution in [3.05, 3.63) is 89.8 Å². The summed E-state index contributed by atoms with van der Waals surface area (Å²) in [4.78, 5) is 47.6. The standard InChI is InChI=1S/C28H22F2N4O4/c1-38-18-28-16-24(35)34(27(37)33(28)13-12-32(26(28)36)21-8-5-11-31-17-21)25-22(29)14-20(15-23(25)30)10-9-19-6-3-2-4-7-19/h2-8,11,14-15,17H,12-13,16,18H2,1H3/t28-/m0/s1. The zero-order valence-corrected chi connectivity index (χ0v) is 20.4. The molecule has 0 unspecified atom stereocenters. The summed E-state index contributed by atoms with van der Waals surface area (Å²) in [7, 11) is 1.35. The van der Waals surface area contributed by atoms with Crippen LogP contribution in [0.15, 0.2) is 67.0 Å². The van der Waals surface area contributed by atoms with Gasteiger partial charge in [-0.15, -0.1) is 0 Å². The van der Waals surface area contributed by atoms with Gasteiger partial charge in [0, 0.05) is 37.5 Å². The number of imide groups is 1. The van der Waals surface area contributed by atoms with Crippen molar-refractivity contribution in [2.24, 2.45) is 0 Å². The van der Waals surface area contributed by atoms with Crippen LogP contribution in [0.3, 0.4) is 0 Å². The van der Waals surface area contributed by atoms with Crippen LogP contribution >= 0.6 is 0 Å². The highest BCUT2D eigenvalue weighted by atomic mass is 19.1. The molecule has 4 amide bonds. The molecule has 0 aliphatic carbocycles. The number of halogens is 2. The number of aromatic nitrogens is 1. The number of pyridine rings is 1. The lowest BCUT2D eigenvalue weighted by Gasteiger charge is -2.52. The zero-order chi connectivity index (χ0) is 26.9. The lowest BCUT2D eigenvalue weighted by atomic mass is 9.86. The van der Waals surface area contributed by atoms with E-state index in [4.69, 9.17) is 4.74 Å². The maximum Gasteiger partial charge on any atom is 0.332 e. The first-order chi connectivity index (χ1) is 18.4. The number of rotatable bonds is 4. The molecule has 2 fully saturated rings. The van der Waals surface area contributed by atoms with Gasteiger partial charge >= 0.3 is 6.03 Å². The fraction of sp³-hybridized carbons (Fsp3) is 0.214. The van der Waals surface area contributed by atoms with Crippen molar-refractivity contribution >= 4 is 29.2 Å². The van der Waals surface area contributed by atoms with Gasteiger partial charge in [0.15, 0.2) is 17.2 Å². The Morgan fingerprint density at radius 3 is 2.34 bits per heavy atom. The highest BCUT2D eigenvalue weighted by molar-refractivity contribution is 6.21. The van der Waals surface area contributed by atoms with Crippen LogP contribution in [0.25, 0.3) is 0 Å². The van der Waals surface area contributed by atoms with Crippen molar-refractivity contribution in [3.8, 4) is 11.8 Å². The number of piperazine rings is 1. The Kier molecular flexibility index (Phi) is 6.61. The maximum absolute atomic E-state index is 15.2. The fourth-order valence-corrected chi connectivity index (χ4v) is 4.82. The van der Waals surface area contributed by atoms with Crippen molar-refractivity contribution in [2.45, 2.75) is 12.0 Å². The average Bonchev–Trinajstić information content (AvgIpc) is 2.91. The lowest BCUT2D eigenvalue weighted by molar-refractivity contribution is -0.142. The van der Waals surface area contributed by atoms with Gasteiger partial charge in [0.05, 0.1) is 24.9 Å². The minimum atomic E-state index is -1.67. The number of benzene rings is 2. The first-order valence-corrected chi connectivity index (χ1v) is 11.8.